The number of hydrogen-bond donors (Lipinski definition) is 4. The maximum atomic E-state index is 13.0. The largest absolute Gasteiger partial charge is 0.501 e. The first-order valence-corrected chi connectivity index (χ1v) is 10.1. The molecule has 0 radical (unpaired) electrons. The van der Waals surface area contributed by atoms with E-state index >= 15 is 0 Å². The first-order chi connectivity index (χ1) is 15.1. The lowest BCUT2D eigenvalue weighted by atomic mass is 10.0. The van der Waals surface area contributed by atoms with E-state index in [-0.39, 0.29) is 18.3 Å². The summed E-state index contributed by atoms with van der Waals surface area (Å²) >= 11 is 0. The predicted molar refractivity (Wildman–Crippen MR) is 112 cm³/mol. The van der Waals surface area contributed by atoms with Crippen LogP contribution in [0.5, 0.6) is 5.75 Å². The number of amides is 2. The highest BCUT2D eigenvalue weighted by molar-refractivity contribution is 5.94. The third kappa shape index (κ3) is 5.48. The molecule has 0 spiro atoms. The monoisotopic (exact) mass is 447 g/mol. The van der Waals surface area contributed by atoms with Crippen LogP contribution in [0.15, 0.2) is 29.1 Å². The lowest BCUT2D eigenvalue weighted by Gasteiger charge is -2.32. The molecule has 3 rings (SSSR count). The van der Waals surface area contributed by atoms with Crippen LogP contribution in [0.1, 0.15) is 35.7 Å². The minimum absolute atomic E-state index is 0.00949. The second-order valence-electron chi connectivity index (χ2n) is 8.16. The van der Waals surface area contributed by atoms with Crippen LogP contribution in [-0.2, 0) is 21.6 Å². The molecule has 11 heteroatoms. The third-order valence-corrected chi connectivity index (χ3v) is 5.07. The van der Waals surface area contributed by atoms with Crippen molar-refractivity contribution in [1.82, 2.24) is 25.5 Å². The SMILES string of the molecule is CN1CCOC(C(=O)NC(C)(C)c2nc(C(=O)NCc3ccc(F)cc3)c(O)c(=O)[nH]2)C1. The molecule has 1 aliphatic heterocycles. The summed E-state index contributed by atoms with van der Waals surface area (Å²) in [5, 5.41) is 15.4. The molecule has 1 atom stereocenters. The molecule has 32 heavy (non-hydrogen) atoms. The number of aromatic nitrogens is 2. The van der Waals surface area contributed by atoms with Crippen molar-refractivity contribution in [3.05, 3.63) is 57.5 Å². The summed E-state index contributed by atoms with van der Waals surface area (Å²) in [5.74, 6) is -2.44. The second kappa shape index (κ2) is 9.45. The number of benzene rings is 1. The van der Waals surface area contributed by atoms with Gasteiger partial charge >= 0.3 is 0 Å². The van der Waals surface area contributed by atoms with Crippen LogP contribution in [0.2, 0.25) is 0 Å². The Morgan fingerprint density at radius 2 is 2.03 bits per heavy atom. The Bertz CT molecular complexity index is 1050. The molecule has 0 saturated carbocycles. The van der Waals surface area contributed by atoms with Crippen molar-refractivity contribution in [2.45, 2.75) is 32.0 Å². The summed E-state index contributed by atoms with van der Waals surface area (Å²) in [7, 11) is 1.88. The Morgan fingerprint density at radius 3 is 2.69 bits per heavy atom. The van der Waals surface area contributed by atoms with E-state index in [1.807, 2.05) is 11.9 Å². The molecule has 1 aromatic heterocycles. The van der Waals surface area contributed by atoms with Crippen molar-refractivity contribution >= 4 is 11.8 Å². The number of aromatic amines is 1. The third-order valence-electron chi connectivity index (χ3n) is 5.07. The van der Waals surface area contributed by atoms with Crippen LogP contribution in [-0.4, -0.2) is 64.6 Å². The van der Waals surface area contributed by atoms with E-state index in [0.717, 1.165) is 6.54 Å². The van der Waals surface area contributed by atoms with Crippen LogP contribution >= 0.6 is 0 Å². The van der Waals surface area contributed by atoms with Crippen LogP contribution in [0, 0.1) is 5.82 Å². The number of rotatable bonds is 6. The minimum atomic E-state index is -1.17. The molecule has 2 heterocycles. The van der Waals surface area contributed by atoms with Gasteiger partial charge < -0.3 is 30.4 Å². The molecule has 172 valence electrons. The summed E-state index contributed by atoms with van der Waals surface area (Å²) in [6.45, 7) is 4.80. The highest BCUT2D eigenvalue weighted by atomic mass is 19.1. The normalized spacial score (nSPS) is 17.1. The van der Waals surface area contributed by atoms with E-state index in [2.05, 4.69) is 20.6 Å². The van der Waals surface area contributed by atoms with Gasteiger partial charge in [-0.3, -0.25) is 14.4 Å². The van der Waals surface area contributed by atoms with E-state index in [4.69, 9.17) is 4.74 Å². The quantitative estimate of drug-likeness (QED) is 0.497. The van der Waals surface area contributed by atoms with Crippen LogP contribution in [0.3, 0.4) is 0 Å². The number of ether oxygens (including phenoxy) is 1. The summed E-state index contributed by atoms with van der Waals surface area (Å²) < 4.78 is 18.5. The van der Waals surface area contributed by atoms with Gasteiger partial charge in [-0.05, 0) is 38.6 Å². The molecular weight excluding hydrogens is 421 g/mol. The van der Waals surface area contributed by atoms with Gasteiger partial charge in [0.15, 0.2) is 5.69 Å². The van der Waals surface area contributed by atoms with Crippen LogP contribution in [0.4, 0.5) is 4.39 Å². The highest BCUT2D eigenvalue weighted by Crippen LogP contribution is 2.19. The molecule has 1 unspecified atom stereocenters. The van der Waals surface area contributed by atoms with Crippen molar-refractivity contribution in [3.63, 3.8) is 0 Å². The van der Waals surface area contributed by atoms with Crippen molar-refractivity contribution in [3.8, 4) is 5.75 Å². The lowest BCUT2D eigenvalue weighted by Crippen LogP contribution is -2.53. The van der Waals surface area contributed by atoms with Gasteiger partial charge in [-0.1, -0.05) is 12.1 Å². The minimum Gasteiger partial charge on any atom is -0.501 e. The van der Waals surface area contributed by atoms with Crippen molar-refractivity contribution in [2.24, 2.45) is 0 Å². The fraction of sp³-hybridized carbons (Fsp3) is 0.429. The lowest BCUT2D eigenvalue weighted by molar-refractivity contribution is -0.139. The summed E-state index contributed by atoms with van der Waals surface area (Å²) in [4.78, 5) is 45.9. The second-order valence-corrected chi connectivity index (χ2v) is 8.16. The number of nitrogens with one attached hydrogen (secondary N) is 3. The van der Waals surface area contributed by atoms with E-state index in [1.54, 1.807) is 13.8 Å². The van der Waals surface area contributed by atoms with Gasteiger partial charge in [0, 0.05) is 19.6 Å². The van der Waals surface area contributed by atoms with Gasteiger partial charge in [-0.15, -0.1) is 0 Å². The molecule has 1 saturated heterocycles. The highest BCUT2D eigenvalue weighted by Gasteiger charge is 2.33. The number of halogens is 1. The topological polar surface area (TPSA) is 137 Å². The van der Waals surface area contributed by atoms with E-state index < -0.39 is 40.4 Å². The van der Waals surface area contributed by atoms with Crippen LogP contribution < -0.4 is 16.2 Å². The molecule has 1 fully saturated rings. The Labute approximate surface area is 183 Å². The zero-order chi connectivity index (χ0) is 23.5. The molecule has 10 nitrogen and oxygen atoms in total. The average molecular weight is 447 g/mol. The average Bonchev–Trinajstić information content (AvgIpc) is 2.74. The Kier molecular flexibility index (Phi) is 6.90. The number of hydrogen-bond acceptors (Lipinski definition) is 7. The zero-order valence-corrected chi connectivity index (χ0v) is 18.1. The Balaban J connectivity index is 1.76. The molecule has 4 N–H and O–H groups in total. The maximum absolute atomic E-state index is 13.0. The van der Waals surface area contributed by atoms with Gasteiger partial charge in [-0.2, -0.15) is 0 Å². The predicted octanol–water partition coefficient (Wildman–Crippen LogP) is 0.227. The van der Waals surface area contributed by atoms with Gasteiger partial charge in [-0.25, -0.2) is 9.37 Å². The Morgan fingerprint density at radius 1 is 1.34 bits per heavy atom. The zero-order valence-electron chi connectivity index (χ0n) is 18.1. The molecular formula is C21H26FN5O5. The van der Waals surface area contributed by atoms with E-state index in [0.29, 0.717) is 18.7 Å². The summed E-state index contributed by atoms with van der Waals surface area (Å²) in [5.41, 5.74) is -1.95. The smallest absolute Gasteiger partial charge is 0.294 e. The number of likely N-dealkylation sites (N-methyl/N-ethyl adjacent to an activating group) is 1. The number of morpholine rings is 1. The van der Waals surface area contributed by atoms with Crippen molar-refractivity contribution < 1.29 is 23.8 Å². The fourth-order valence-corrected chi connectivity index (χ4v) is 3.17. The summed E-state index contributed by atoms with van der Waals surface area (Å²) in [6, 6.07) is 5.49. The Hall–Kier alpha value is -3.31. The molecule has 2 amide bonds. The number of H-pyrrole nitrogens is 1. The summed E-state index contributed by atoms with van der Waals surface area (Å²) in [6.07, 6.45) is -0.685. The standard InChI is InChI=1S/C21H26FN5O5/c1-21(2,26-17(29)14-11-27(3)8-9-32-14)20-24-15(16(28)19(31)25-20)18(30)23-10-12-4-6-13(22)7-5-12/h4-7,14,28H,8-11H2,1-3H3,(H,23,30)(H,26,29)(H,24,25,31). The fourth-order valence-electron chi connectivity index (χ4n) is 3.17. The van der Waals surface area contributed by atoms with Gasteiger partial charge in [0.25, 0.3) is 17.4 Å². The first kappa shape index (κ1) is 23.4. The molecule has 1 aromatic carbocycles. The van der Waals surface area contributed by atoms with Crippen molar-refractivity contribution in [1.29, 1.82) is 0 Å². The number of aromatic hydroxyl groups is 1. The van der Waals surface area contributed by atoms with E-state index in [9.17, 15) is 23.9 Å². The first-order valence-electron chi connectivity index (χ1n) is 10.1. The van der Waals surface area contributed by atoms with Gasteiger partial charge in [0.2, 0.25) is 5.75 Å². The van der Waals surface area contributed by atoms with Crippen LogP contribution in [0.25, 0.3) is 0 Å². The van der Waals surface area contributed by atoms with Crippen molar-refractivity contribution in [2.75, 3.05) is 26.7 Å². The molecule has 0 bridgehead atoms. The molecule has 0 aliphatic carbocycles. The van der Waals surface area contributed by atoms with E-state index in [1.165, 1.54) is 24.3 Å². The molecule has 1 aliphatic rings. The van der Waals surface area contributed by atoms with Gasteiger partial charge in [0.1, 0.15) is 17.7 Å². The van der Waals surface area contributed by atoms with Gasteiger partial charge in [0.05, 0.1) is 12.1 Å². The number of nitrogens with zero attached hydrogens (tertiary/aromatic N) is 2. The number of carbonyl (C=O) groups is 2. The maximum Gasteiger partial charge on any atom is 0.294 e. The molecule has 2 aromatic rings. The number of carbonyl (C=O) groups excluding carboxylic acids is 2.